The van der Waals surface area contributed by atoms with Crippen molar-refractivity contribution in [2.75, 3.05) is 24.4 Å². The number of nitrogens with zero attached hydrogens (tertiary/aromatic N) is 1. The van der Waals surface area contributed by atoms with E-state index in [-0.39, 0.29) is 40.8 Å². The Morgan fingerprint density at radius 3 is 2.47 bits per heavy atom. The van der Waals surface area contributed by atoms with Gasteiger partial charge in [0.2, 0.25) is 5.91 Å². The molecule has 17 heavy (non-hydrogen) atoms. The van der Waals surface area contributed by atoms with Crippen molar-refractivity contribution >= 4 is 63.1 Å². The number of hydrogen-bond acceptors (Lipinski definition) is 3. The number of alkyl halides is 1. The van der Waals surface area contributed by atoms with Gasteiger partial charge in [0.25, 0.3) is 0 Å². The summed E-state index contributed by atoms with van der Waals surface area (Å²) in [5.74, 6) is -0.582. The Balaban J connectivity index is 0.00000256. The standard InChI is InChI=1S/C11H12BrNO3.Na/c1-13(10(14)7-12)9-6-4-3-5-8(9)11(15)16-2;/h3-6H,7H2,1-2H3;. The van der Waals surface area contributed by atoms with E-state index in [1.54, 1.807) is 31.3 Å². The number of amides is 1. The van der Waals surface area contributed by atoms with Gasteiger partial charge in [-0.2, -0.15) is 0 Å². The molecule has 0 fully saturated rings. The van der Waals surface area contributed by atoms with Crippen molar-refractivity contribution in [2.45, 2.75) is 0 Å². The van der Waals surface area contributed by atoms with Crippen molar-refractivity contribution in [3.05, 3.63) is 29.8 Å². The number of methoxy groups -OCH3 is 1. The Bertz CT molecular complexity index is 411. The summed E-state index contributed by atoms with van der Waals surface area (Å²) in [6.45, 7) is 0. The van der Waals surface area contributed by atoms with Gasteiger partial charge in [0, 0.05) is 36.6 Å². The van der Waals surface area contributed by atoms with E-state index in [2.05, 4.69) is 20.7 Å². The number of ether oxygens (including phenoxy) is 1. The third-order valence-electron chi connectivity index (χ3n) is 2.16. The van der Waals surface area contributed by atoms with E-state index in [0.29, 0.717) is 11.3 Å². The smallest absolute Gasteiger partial charge is 0.339 e. The number of rotatable bonds is 3. The first-order valence-electron chi connectivity index (χ1n) is 4.61. The van der Waals surface area contributed by atoms with Crippen LogP contribution in [-0.2, 0) is 9.53 Å². The predicted molar refractivity (Wildman–Crippen MR) is 70.7 cm³/mol. The SMILES string of the molecule is COC(=O)c1ccccc1N(C)C(=O)CBr.[Na]. The van der Waals surface area contributed by atoms with Gasteiger partial charge in [0.05, 0.1) is 23.7 Å². The van der Waals surface area contributed by atoms with E-state index in [1.807, 2.05) is 0 Å². The molecule has 0 saturated heterocycles. The van der Waals surface area contributed by atoms with Gasteiger partial charge >= 0.3 is 5.97 Å². The van der Waals surface area contributed by atoms with Crippen LogP contribution in [0.1, 0.15) is 10.4 Å². The fraction of sp³-hybridized carbons (Fsp3) is 0.273. The average molecular weight is 309 g/mol. The van der Waals surface area contributed by atoms with E-state index in [0.717, 1.165) is 0 Å². The molecule has 1 aromatic rings. The Morgan fingerprint density at radius 2 is 1.94 bits per heavy atom. The van der Waals surface area contributed by atoms with Gasteiger partial charge in [-0.15, -0.1) is 0 Å². The van der Waals surface area contributed by atoms with Gasteiger partial charge in [-0.1, -0.05) is 28.1 Å². The molecule has 87 valence electrons. The van der Waals surface area contributed by atoms with Gasteiger partial charge in [0.1, 0.15) is 0 Å². The van der Waals surface area contributed by atoms with Crippen molar-refractivity contribution in [1.29, 1.82) is 0 Å². The second kappa shape index (κ2) is 7.87. The molecule has 1 aromatic carbocycles. The molecule has 4 nitrogen and oxygen atoms in total. The number of esters is 1. The first-order chi connectivity index (χ1) is 7.61. The third-order valence-corrected chi connectivity index (χ3v) is 2.64. The molecule has 6 heteroatoms. The van der Waals surface area contributed by atoms with Crippen LogP contribution < -0.4 is 4.90 Å². The molecule has 1 radical (unpaired) electrons. The molecule has 0 aliphatic rings. The van der Waals surface area contributed by atoms with Crippen LogP contribution in [-0.4, -0.2) is 60.9 Å². The maximum atomic E-state index is 11.5. The number of hydrogen-bond donors (Lipinski definition) is 0. The summed E-state index contributed by atoms with van der Waals surface area (Å²) in [6.07, 6.45) is 0. The number of carbonyl (C=O) groups is 2. The van der Waals surface area contributed by atoms with Crippen LogP contribution in [0.25, 0.3) is 0 Å². The molecule has 0 unspecified atom stereocenters. The Hall–Kier alpha value is -0.360. The first kappa shape index (κ1) is 16.6. The van der Waals surface area contributed by atoms with Crippen LogP contribution in [0.2, 0.25) is 0 Å². The molecule has 0 spiro atoms. The molecule has 0 aliphatic carbocycles. The number of benzene rings is 1. The molecule has 1 amide bonds. The molecular formula is C11H12BrNNaO3. The van der Waals surface area contributed by atoms with E-state index < -0.39 is 5.97 Å². The monoisotopic (exact) mass is 308 g/mol. The van der Waals surface area contributed by atoms with Crippen molar-refractivity contribution in [2.24, 2.45) is 0 Å². The van der Waals surface area contributed by atoms with Crippen LogP contribution in [0, 0.1) is 0 Å². The second-order valence-corrected chi connectivity index (χ2v) is 3.66. The zero-order chi connectivity index (χ0) is 12.1. The molecule has 0 aliphatic heterocycles. The molecule has 0 heterocycles. The molecule has 0 N–H and O–H groups in total. The van der Waals surface area contributed by atoms with Crippen LogP contribution >= 0.6 is 15.9 Å². The van der Waals surface area contributed by atoms with E-state index >= 15 is 0 Å². The third kappa shape index (κ3) is 4.10. The normalized spacial score (nSPS) is 9.12. The van der Waals surface area contributed by atoms with Crippen molar-refractivity contribution in [3.63, 3.8) is 0 Å². The van der Waals surface area contributed by atoms with Gasteiger partial charge in [-0.05, 0) is 12.1 Å². The van der Waals surface area contributed by atoms with Crippen LogP contribution in [0.3, 0.4) is 0 Å². The average Bonchev–Trinajstić information content (AvgIpc) is 2.35. The number of halogens is 1. The number of para-hydroxylation sites is 1. The molecule has 0 bridgehead atoms. The largest absolute Gasteiger partial charge is 0.465 e. The van der Waals surface area contributed by atoms with Gasteiger partial charge in [0.15, 0.2) is 0 Å². The summed E-state index contributed by atoms with van der Waals surface area (Å²) in [5.41, 5.74) is 0.917. The minimum Gasteiger partial charge on any atom is -0.465 e. The van der Waals surface area contributed by atoms with Gasteiger partial charge in [-0.3, -0.25) is 4.79 Å². The number of anilines is 1. The summed E-state index contributed by atoms with van der Waals surface area (Å²) in [5, 5.41) is 0.207. The Morgan fingerprint density at radius 1 is 1.35 bits per heavy atom. The molecule has 0 saturated carbocycles. The van der Waals surface area contributed by atoms with Crippen LogP contribution in [0.15, 0.2) is 24.3 Å². The van der Waals surface area contributed by atoms with Crippen LogP contribution in [0.5, 0.6) is 0 Å². The van der Waals surface area contributed by atoms with Crippen molar-refractivity contribution in [3.8, 4) is 0 Å². The predicted octanol–water partition coefficient (Wildman–Crippen LogP) is 1.45. The van der Waals surface area contributed by atoms with E-state index in [1.165, 1.54) is 12.0 Å². The number of carbonyl (C=O) groups excluding carboxylic acids is 2. The minimum atomic E-state index is -0.454. The fourth-order valence-corrected chi connectivity index (χ4v) is 1.65. The summed E-state index contributed by atoms with van der Waals surface area (Å²) in [7, 11) is 2.93. The maximum absolute atomic E-state index is 11.5. The summed E-state index contributed by atoms with van der Waals surface area (Å²) < 4.78 is 4.65. The topological polar surface area (TPSA) is 46.6 Å². The summed E-state index contributed by atoms with van der Waals surface area (Å²) in [6, 6.07) is 6.81. The quantitative estimate of drug-likeness (QED) is 0.482. The maximum Gasteiger partial charge on any atom is 0.339 e. The zero-order valence-electron chi connectivity index (χ0n) is 10.1. The van der Waals surface area contributed by atoms with Crippen molar-refractivity contribution in [1.82, 2.24) is 0 Å². The fourth-order valence-electron chi connectivity index (χ4n) is 1.27. The molecule has 1 rings (SSSR count). The molecule has 0 atom stereocenters. The zero-order valence-corrected chi connectivity index (χ0v) is 13.7. The van der Waals surface area contributed by atoms with Crippen molar-refractivity contribution < 1.29 is 14.3 Å². The van der Waals surface area contributed by atoms with Gasteiger partial charge in [-0.25, -0.2) is 4.79 Å². The summed E-state index contributed by atoms with van der Waals surface area (Å²) >= 11 is 3.08. The first-order valence-corrected chi connectivity index (χ1v) is 5.73. The Kier molecular flexibility index (Phi) is 7.70. The summed E-state index contributed by atoms with van der Waals surface area (Å²) in [4.78, 5) is 24.4. The van der Waals surface area contributed by atoms with Gasteiger partial charge < -0.3 is 9.64 Å². The minimum absolute atomic E-state index is 0. The van der Waals surface area contributed by atoms with Crippen LogP contribution in [0.4, 0.5) is 5.69 Å². The molecule has 0 aromatic heterocycles. The Labute approximate surface area is 131 Å². The van der Waals surface area contributed by atoms with E-state index in [9.17, 15) is 9.59 Å². The van der Waals surface area contributed by atoms with E-state index in [4.69, 9.17) is 0 Å². The molecular weight excluding hydrogens is 297 g/mol. The second-order valence-electron chi connectivity index (χ2n) is 3.10.